The number of piperazine rings is 1. The zero-order valence-electron chi connectivity index (χ0n) is 15.5. The molecule has 5 heteroatoms. The maximum absolute atomic E-state index is 10.3. The number of methoxy groups -OCH3 is 1. The number of hydrogen-bond donors (Lipinski definition) is 1. The number of benzene rings is 1. The number of ether oxygens (including phenoxy) is 2. The second-order valence-electron chi connectivity index (χ2n) is 6.93. The van der Waals surface area contributed by atoms with Crippen LogP contribution in [0, 0.1) is 13.8 Å². The Morgan fingerprint density at radius 3 is 2.25 bits per heavy atom. The van der Waals surface area contributed by atoms with Crippen molar-refractivity contribution in [3.05, 3.63) is 29.3 Å². The van der Waals surface area contributed by atoms with Crippen molar-refractivity contribution in [2.45, 2.75) is 32.9 Å². The number of nitrogens with zero attached hydrogens (tertiary/aromatic N) is 2. The lowest BCUT2D eigenvalue weighted by atomic mass is 10.1. The molecule has 1 aliphatic rings. The average Bonchev–Trinajstić information content (AvgIpc) is 2.53. The summed E-state index contributed by atoms with van der Waals surface area (Å²) in [5.41, 5.74) is 2.36. The van der Waals surface area contributed by atoms with Crippen LogP contribution in [0.25, 0.3) is 0 Å². The van der Waals surface area contributed by atoms with E-state index in [0.717, 1.165) is 38.5 Å². The smallest absolute Gasteiger partial charge is 0.119 e. The Hall–Kier alpha value is -1.14. The van der Waals surface area contributed by atoms with E-state index in [-0.39, 0.29) is 0 Å². The summed E-state index contributed by atoms with van der Waals surface area (Å²) in [5, 5.41) is 10.3. The van der Waals surface area contributed by atoms with E-state index in [2.05, 4.69) is 36.6 Å². The van der Waals surface area contributed by atoms with Crippen LogP contribution in [0.4, 0.5) is 0 Å². The predicted octanol–water partition coefficient (Wildman–Crippen LogP) is 1.70. The Kier molecular flexibility index (Phi) is 7.49. The van der Waals surface area contributed by atoms with Crippen molar-refractivity contribution in [3.8, 4) is 5.75 Å². The number of rotatable bonds is 8. The fourth-order valence-corrected chi connectivity index (χ4v) is 3.29. The fraction of sp³-hybridized carbons (Fsp3) is 0.684. The quantitative estimate of drug-likeness (QED) is 0.783. The van der Waals surface area contributed by atoms with Crippen molar-refractivity contribution in [2.75, 3.05) is 53.0 Å². The monoisotopic (exact) mass is 336 g/mol. The second kappa shape index (κ2) is 9.37. The molecule has 0 aromatic heterocycles. The van der Waals surface area contributed by atoms with E-state index in [0.29, 0.717) is 19.2 Å². The molecule has 1 aliphatic heterocycles. The molecule has 0 amide bonds. The summed E-state index contributed by atoms with van der Waals surface area (Å²) in [6, 6.07) is 6.59. The molecule has 24 heavy (non-hydrogen) atoms. The van der Waals surface area contributed by atoms with E-state index in [1.165, 1.54) is 11.1 Å². The summed E-state index contributed by atoms with van der Waals surface area (Å²) in [5.74, 6) is 0.838. The minimum atomic E-state index is -0.464. The van der Waals surface area contributed by atoms with Gasteiger partial charge in [0.05, 0.1) is 6.61 Å². The van der Waals surface area contributed by atoms with Crippen LogP contribution in [-0.2, 0) is 4.74 Å². The molecule has 0 radical (unpaired) electrons. The molecule has 2 rings (SSSR count). The van der Waals surface area contributed by atoms with Gasteiger partial charge in [-0.15, -0.1) is 0 Å². The summed E-state index contributed by atoms with van der Waals surface area (Å²) in [4.78, 5) is 4.75. The van der Waals surface area contributed by atoms with Crippen LogP contribution in [0.1, 0.15) is 18.1 Å². The molecular weight excluding hydrogens is 304 g/mol. The molecule has 5 nitrogen and oxygen atoms in total. The molecule has 1 aromatic rings. The van der Waals surface area contributed by atoms with Gasteiger partial charge >= 0.3 is 0 Å². The number of hydrogen-bond acceptors (Lipinski definition) is 5. The van der Waals surface area contributed by atoms with Gasteiger partial charge in [-0.25, -0.2) is 0 Å². The molecule has 1 fully saturated rings. The standard InChI is InChI=1S/C19H32N2O3/c1-15-9-16(2)11-19(10-15)24-14-18(22)12-20-5-7-21(8-6-20)17(3)13-23-4/h9-11,17-18,22H,5-8,12-14H2,1-4H3. The zero-order chi connectivity index (χ0) is 17.5. The number of β-amino-alcohol motifs (C(OH)–C–C–N with tert-alkyl or cyclic N) is 1. The molecule has 2 unspecified atom stereocenters. The Morgan fingerprint density at radius 2 is 1.67 bits per heavy atom. The van der Waals surface area contributed by atoms with E-state index in [9.17, 15) is 5.11 Å². The van der Waals surface area contributed by atoms with Crippen molar-refractivity contribution in [1.29, 1.82) is 0 Å². The first-order valence-corrected chi connectivity index (χ1v) is 8.82. The molecule has 136 valence electrons. The van der Waals surface area contributed by atoms with Crippen LogP contribution < -0.4 is 4.74 Å². The predicted molar refractivity (Wildman–Crippen MR) is 96.8 cm³/mol. The number of aliphatic hydroxyl groups is 1. The summed E-state index contributed by atoms with van der Waals surface area (Å²) in [6.07, 6.45) is -0.464. The van der Waals surface area contributed by atoms with Crippen molar-refractivity contribution >= 4 is 0 Å². The molecular formula is C19H32N2O3. The number of aliphatic hydroxyl groups excluding tert-OH is 1. The molecule has 0 saturated carbocycles. The first-order valence-electron chi connectivity index (χ1n) is 8.82. The maximum Gasteiger partial charge on any atom is 0.119 e. The van der Waals surface area contributed by atoms with E-state index in [1.54, 1.807) is 7.11 Å². The molecule has 0 spiro atoms. The van der Waals surface area contributed by atoms with Gasteiger partial charge in [-0.3, -0.25) is 9.80 Å². The minimum absolute atomic E-state index is 0.336. The zero-order valence-corrected chi connectivity index (χ0v) is 15.5. The normalized spacial score (nSPS) is 19.2. The number of aryl methyl sites for hydroxylation is 2. The average molecular weight is 336 g/mol. The van der Waals surface area contributed by atoms with Crippen LogP contribution in [0.5, 0.6) is 5.75 Å². The van der Waals surface area contributed by atoms with Crippen LogP contribution >= 0.6 is 0 Å². The van der Waals surface area contributed by atoms with Gasteiger partial charge in [-0.2, -0.15) is 0 Å². The Morgan fingerprint density at radius 1 is 1.04 bits per heavy atom. The van der Waals surface area contributed by atoms with Crippen molar-refractivity contribution < 1.29 is 14.6 Å². The summed E-state index contributed by atoms with van der Waals surface area (Å²) < 4.78 is 11.0. The largest absolute Gasteiger partial charge is 0.491 e. The molecule has 1 aromatic carbocycles. The van der Waals surface area contributed by atoms with Crippen molar-refractivity contribution in [2.24, 2.45) is 0 Å². The highest BCUT2D eigenvalue weighted by Crippen LogP contribution is 2.16. The fourth-order valence-electron chi connectivity index (χ4n) is 3.29. The highest BCUT2D eigenvalue weighted by molar-refractivity contribution is 5.32. The van der Waals surface area contributed by atoms with E-state index < -0.39 is 6.10 Å². The Labute approximate surface area is 146 Å². The molecule has 1 saturated heterocycles. The first-order chi connectivity index (χ1) is 11.5. The lowest BCUT2D eigenvalue weighted by Crippen LogP contribution is -2.52. The van der Waals surface area contributed by atoms with Gasteiger partial charge < -0.3 is 14.6 Å². The first kappa shape index (κ1) is 19.2. The lowest BCUT2D eigenvalue weighted by molar-refractivity contribution is 0.0250. The van der Waals surface area contributed by atoms with Crippen LogP contribution in [0.2, 0.25) is 0 Å². The Balaban J connectivity index is 1.70. The third kappa shape index (κ3) is 6.06. The third-order valence-electron chi connectivity index (χ3n) is 4.54. The van der Waals surface area contributed by atoms with Gasteiger partial charge in [0, 0.05) is 45.9 Å². The molecule has 1 N–H and O–H groups in total. The van der Waals surface area contributed by atoms with E-state index >= 15 is 0 Å². The molecule has 0 aliphatic carbocycles. The van der Waals surface area contributed by atoms with E-state index in [4.69, 9.17) is 9.47 Å². The van der Waals surface area contributed by atoms with Gasteiger partial charge in [0.15, 0.2) is 0 Å². The third-order valence-corrected chi connectivity index (χ3v) is 4.54. The summed E-state index contributed by atoms with van der Waals surface area (Å²) in [7, 11) is 1.75. The topological polar surface area (TPSA) is 45.2 Å². The Bertz CT molecular complexity index is 481. The molecule has 1 heterocycles. The second-order valence-corrected chi connectivity index (χ2v) is 6.93. The highest BCUT2D eigenvalue weighted by atomic mass is 16.5. The minimum Gasteiger partial charge on any atom is -0.491 e. The van der Waals surface area contributed by atoms with Gasteiger partial charge in [-0.1, -0.05) is 6.07 Å². The van der Waals surface area contributed by atoms with Gasteiger partial charge in [0.25, 0.3) is 0 Å². The SMILES string of the molecule is COCC(C)N1CCN(CC(O)COc2cc(C)cc(C)c2)CC1. The van der Waals surface area contributed by atoms with Crippen LogP contribution in [0.15, 0.2) is 18.2 Å². The molecule has 0 bridgehead atoms. The molecule has 2 atom stereocenters. The highest BCUT2D eigenvalue weighted by Gasteiger charge is 2.22. The van der Waals surface area contributed by atoms with Crippen molar-refractivity contribution in [3.63, 3.8) is 0 Å². The van der Waals surface area contributed by atoms with Gasteiger partial charge in [-0.05, 0) is 44.0 Å². The summed E-state index contributed by atoms with van der Waals surface area (Å²) in [6.45, 7) is 12.1. The van der Waals surface area contributed by atoms with Gasteiger partial charge in [0.2, 0.25) is 0 Å². The van der Waals surface area contributed by atoms with Crippen LogP contribution in [0.3, 0.4) is 0 Å². The lowest BCUT2D eigenvalue weighted by Gasteiger charge is -2.38. The van der Waals surface area contributed by atoms with E-state index in [1.807, 2.05) is 12.1 Å². The summed E-state index contributed by atoms with van der Waals surface area (Å²) >= 11 is 0. The maximum atomic E-state index is 10.3. The van der Waals surface area contributed by atoms with Crippen LogP contribution in [-0.4, -0.2) is 80.1 Å². The van der Waals surface area contributed by atoms with Crippen molar-refractivity contribution in [1.82, 2.24) is 9.80 Å². The van der Waals surface area contributed by atoms with Gasteiger partial charge in [0.1, 0.15) is 18.5 Å².